The van der Waals surface area contributed by atoms with Gasteiger partial charge < -0.3 is 20.5 Å². The maximum Gasteiger partial charge on any atom is 0.407 e. The van der Waals surface area contributed by atoms with Crippen molar-refractivity contribution in [3.8, 4) is 0 Å². The first-order valence-electron chi connectivity index (χ1n) is 10.7. The van der Waals surface area contributed by atoms with Crippen molar-refractivity contribution in [3.63, 3.8) is 0 Å². The van der Waals surface area contributed by atoms with Gasteiger partial charge in [-0.3, -0.25) is 0 Å². The van der Waals surface area contributed by atoms with E-state index in [1.165, 1.54) is 0 Å². The monoisotopic (exact) mass is 436 g/mol. The fourth-order valence-corrected chi connectivity index (χ4v) is 3.34. The fraction of sp³-hybridized carbons (Fsp3) is 0.308. The Kier molecular flexibility index (Phi) is 10.0. The molecule has 0 saturated heterocycles. The Morgan fingerprint density at radius 2 is 1.62 bits per heavy atom. The van der Waals surface area contributed by atoms with E-state index in [-0.39, 0.29) is 18.6 Å². The van der Waals surface area contributed by atoms with Gasteiger partial charge in [-0.1, -0.05) is 79.2 Å². The van der Waals surface area contributed by atoms with Crippen LogP contribution in [0.1, 0.15) is 31.4 Å². The van der Waals surface area contributed by atoms with Crippen LogP contribution in [0.2, 0.25) is 0 Å². The third-order valence-corrected chi connectivity index (χ3v) is 5.05. The van der Waals surface area contributed by atoms with Crippen LogP contribution in [0.4, 0.5) is 9.59 Å². The number of alkyl carbamates (subject to hydrolysis) is 1. The predicted molar refractivity (Wildman–Crippen MR) is 126 cm³/mol. The summed E-state index contributed by atoms with van der Waals surface area (Å²) < 4.78 is 10.5. The third kappa shape index (κ3) is 9.08. The SMILES string of the molecule is C=C[C@@H](C)[C@H](CC(=C[C@H](C)OC(N)=O)Cc1ccccc1)NC(=O)OCc1ccccc1. The molecule has 6 nitrogen and oxygen atoms in total. The molecule has 0 saturated carbocycles. The fourth-order valence-electron chi connectivity index (χ4n) is 3.34. The van der Waals surface area contributed by atoms with Crippen molar-refractivity contribution < 1.29 is 19.1 Å². The largest absolute Gasteiger partial charge is 0.445 e. The standard InChI is InChI=1S/C26H32N2O4/c1-4-19(2)24(28-26(30)31-18-22-13-9-6-10-14-22)17-23(15-20(3)32-25(27)29)16-21-11-7-5-8-12-21/h4-15,19-20,24H,1,16-18H2,2-3H3,(H2,27,29)(H,28,30)/t19-,20+,24+/m1/s1. The molecular weight excluding hydrogens is 404 g/mol. The van der Waals surface area contributed by atoms with Gasteiger partial charge in [-0.15, -0.1) is 6.58 Å². The van der Waals surface area contributed by atoms with Gasteiger partial charge in [0.1, 0.15) is 12.7 Å². The van der Waals surface area contributed by atoms with Crippen molar-refractivity contribution in [3.05, 3.63) is 96.1 Å². The van der Waals surface area contributed by atoms with Crippen LogP contribution in [0.25, 0.3) is 0 Å². The molecular formula is C26H32N2O4. The lowest BCUT2D eigenvalue weighted by Crippen LogP contribution is -2.39. The Morgan fingerprint density at radius 3 is 2.19 bits per heavy atom. The van der Waals surface area contributed by atoms with Gasteiger partial charge in [0, 0.05) is 6.04 Å². The minimum Gasteiger partial charge on any atom is -0.445 e. The second kappa shape index (κ2) is 13.0. The molecule has 0 aliphatic heterocycles. The van der Waals surface area contributed by atoms with Gasteiger partial charge in [0.05, 0.1) is 0 Å². The molecule has 32 heavy (non-hydrogen) atoms. The van der Waals surface area contributed by atoms with E-state index in [1.54, 1.807) is 13.0 Å². The van der Waals surface area contributed by atoms with Crippen LogP contribution in [0, 0.1) is 5.92 Å². The zero-order valence-electron chi connectivity index (χ0n) is 18.7. The van der Waals surface area contributed by atoms with Crippen LogP contribution >= 0.6 is 0 Å². The molecule has 170 valence electrons. The highest BCUT2D eigenvalue weighted by atomic mass is 16.6. The minimum atomic E-state index is -0.827. The Hall–Kier alpha value is -3.54. The van der Waals surface area contributed by atoms with Crippen LogP contribution in [-0.4, -0.2) is 24.3 Å². The van der Waals surface area contributed by atoms with Gasteiger partial charge in [0.15, 0.2) is 0 Å². The summed E-state index contributed by atoms with van der Waals surface area (Å²) in [5, 5.41) is 2.96. The van der Waals surface area contributed by atoms with Gasteiger partial charge in [-0.2, -0.15) is 0 Å². The van der Waals surface area contributed by atoms with Gasteiger partial charge in [0.25, 0.3) is 0 Å². The highest BCUT2D eigenvalue weighted by Gasteiger charge is 2.21. The lowest BCUT2D eigenvalue weighted by molar-refractivity contribution is 0.133. The van der Waals surface area contributed by atoms with Gasteiger partial charge in [-0.25, -0.2) is 9.59 Å². The highest BCUT2D eigenvalue weighted by molar-refractivity contribution is 5.67. The van der Waals surface area contributed by atoms with Gasteiger partial charge in [0.2, 0.25) is 0 Å². The molecule has 0 aromatic heterocycles. The number of nitrogens with two attached hydrogens (primary N) is 1. The minimum absolute atomic E-state index is 0.00851. The molecule has 2 aromatic carbocycles. The number of carbonyl (C=O) groups excluding carboxylic acids is 2. The molecule has 0 aliphatic carbocycles. The van der Waals surface area contributed by atoms with E-state index in [0.717, 1.165) is 16.7 Å². The van der Waals surface area contributed by atoms with Crippen LogP contribution in [0.5, 0.6) is 0 Å². The summed E-state index contributed by atoms with van der Waals surface area (Å²) in [6, 6.07) is 19.2. The molecule has 3 N–H and O–H groups in total. The van der Waals surface area contributed by atoms with E-state index >= 15 is 0 Å². The summed E-state index contributed by atoms with van der Waals surface area (Å²) in [7, 11) is 0. The van der Waals surface area contributed by atoms with Gasteiger partial charge >= 0.3 is 12.2 Å². The lowest BCUT2D eigenvalue weighted by Gasteiger charge is -2.25. The van der Waals surface area contributed by atoms with E-state index in [0.29, 0.717) is 12.8 Å². The number of benzene rings is 2. The number of primary amides is 1. The second-order valence-electron chi connectivity index (χ2n) is 7.74. The number of nitrogens with one attached hydrogen (secondary N) is 1. The first-order chi connectivity index (χ1) is 15.4. The van der Waals surface area contributed by atoms with E-state index in [1.807, 2.05) is 73.7 Å². The number of rotatable bonds is 11. The van der Waals surface area contributed by atoms with Gasteiger partial charge in [-0.05, 0) is 42.9 Å². The van der Waals surface area contributed by atoms with E-state index in [9.17, 15) is 9.59 Å². The van der Waals surface area contributed by atoms with Crippen LogP contribution in [0.15, 0.2) is 85.0 Å². The molecule has 0 heterocycles. The topological polar surface area (TPSA) is 90.6 Å². The summed E-state index contributed by atoms with van der Waals surface area (Å²) in [5.74, 6) is -0.00851. The molecule has 6 heteroatoms. The summed E-state index contributed by atoms with van der Waals surface area (Å²) in [6.07, 6.45) is 3.04. The average molecular weight is 437 g/mol. The Bertz CT molecular complexity index is 897. The maximum atomic E-state index is 12.5. The summed E-state index contributed by atoms with van der Waals surface area (Å²) >= 11 is 0. The van der Waals surface area contributed by atoms with Crippen LogP contribution in [0.3, 0.4) is 0 Å². The zero-order chi connectivity index (χ0) is 23.3. The van der Waals surface area contributed by atoms with Crippen LogP contribution < -0.4 is 11.1 Å². The normalized spacial score (nSPS) is 14.0. The molecule has 2 rings (SSSR count). The third-order valence-electron chi connectivity index (χ3n) is 5.05. The maximum absolute atomic E-state index is 12.5. The van der Waals surface area contributed by atoms with Crippen molar-refractivity contribution >= 4 is 12.2 Å². The van der Waals surface area contributed by atoms with Crippen molar-refractivity contribution in [1.29, 1.82) is 0 Å². The summed E-state index contributed by atoms with van der Waals surface area (Å²) in [6.45, 7) is 7.81. The van der Waals surface area contributed by atoms with E-state index in [4.69, 9.17) is 15.2 Å². The smallest absolute Gasteiger partial charge is 0.407 e. The highest BCUT2D eigenvalue weighted by Crippen LogP contribution is 2.20. The second-order valence-corrected chi connectivity index (χ2v) is 7.74. The number of hydrogen-bond acceptors (Lipinski definition) is 4. The quantitative estimate of drug-likeness (QED) is 0.477. The number of hydrogen-bond donors (Lipinski definition) is 2. The molecule has 3 atom stereocenters. The molecule has 2 amide bonds. The lowest BCUT2D eigenvalue weighted by atomic mass is 9.91. The number of ether oxygens (including phenoxy) is 2. The molecule has 0 bridgehead atoms. The summed E-state index contributed by atoms with van der Waals surface area (Å²) in [4.78, 5) is 23.6. The Balaban J connectivity index is 2.12. The predicted octanol–water partition coefficient (Wildman–Crippen LogP) is 5.15. The van der Waals surface area contributed by atoms with Crippen molar-refractivity contribution in [2.45, 2.75) is 45.4 Å². The van der Waals surface area contributed by atoms with E-state index in [2.05, 4.69) is 11.9 Å². The first-order valence-corrected chi connectivity index (χ1v) is 10.7. The molecule has 0 aliphatic rings. The van der Waals surface area contributed by atoms with Crippen molar-refractivity contribution in [1.82, 2.24) is 5.32 Å². The molecule has 0 unspecified atom stereocenters. The molecule has 2 aromatic rings. The summed E-state index contributed by atoms with van der Waals surface area (Å²) in [5.41, 5.74) is 8.20. The van der Waals surface area contributed by atoms with Crippen LogP contribution in [-0.2, 0) is 22.5 Å². The average Bonchev–Trinajstić information content (AvgIpc) is 2.77. The number of amides is 2. The van der Waals surface area contributed by atoms with Crippen molar-refractivity contribution in [2.24, 2.45) is 11.7 Å². The molecule has 0 fully saturated rings. The Labute approximate surface area is 190 Å². The first kappa shape index (κ1) is 24.7. The molecule has 0 spiro atoms. The van der Waals surface area contributed by atoms with Crippen molar-refractivity contribution in [2.75, 3.05) is 0 Å². The zero-order valence-corrected chi connectivity index (χ0v) is 18.7. The number of carbonyl (C=O) groups is 2. The Morgan fingerprint density at radius 1 is 1.03 bits per heavy atom. The molecule has 0 radical (unpaired) electrons. The van der Waals surface area contributed by atoms with E-state index < -0.39 is 18.3 Å².